The monoisotopic (exact) mass is 338 g/mol. The Kier molecular flexibility index (Phi) is 4.77. The van der Waals surface area contributed by atoms with Crippen LogP contribution in [-0.2, 0) is 4.79 Å². The fourth-order valence-electron chi connectivity index (χ4n) is 2.47. The molecule has 1 aliphatic rings. The molecule has 23 heavy (non-hydrogen) atoms. The summed E-state index contributed by atoms with van der Waals surface area (Å²) in [5, 5.41) is 7.27. The lowest BCUT2D eigenvalue weighted by Gasteiger charge is -2.17. The highest BCUT2D eigenvalue weighted by molar-refractivity contribution is 5.89. The molecule has 1 aliphatic carbocycles. The summed E-state index contributed by atoms with van der Waals surface area (Å²) in [5.41, 5.74) is 7.81. The highest BCUT2D eigenvalue weighted by Gasteiger charge is 2.46. The highest BCUT2D eigenvalue weighted by atomic mass is 35.5. The van der Waals surface area contributed by atoms with Crippen molar-refractivity contribution in [2.45, 2.75) is 38.3 Å². The highest BCUT2D eigenvalue weighted by Crippen LogP contribution is 2.33. The molecule has 124 valence electrons. The van der Waals surface area contributed by atoms with Gasteiger partial charge < -0.3 is 11.1 Å². The second-order valence-corrected chi connectivity index (χ2v) is 5.92. The van der Waals surface area contributed by atoms with Gasteiger partial charge >= 0.3 is 0 Å². The molecule has 1 unspecified atom stereocenters. The van der Waals surface area contributed by atoms with Gasteiger partial charge in [0.05, 0.1) is 23.5 Å². The molecule has 1 aromatic heterocycles. The fraction of sp³-hybridized carbons (Fsp3) is 0.375. The number of nitrogens with two attached hydrogens (primary N) is 1. The van der Waals surface area contributed by atoms with Gasteiger partial charge in [-0.25, -0.2) is 9.07 Å². The molecule has 0 bridgehead atoms. The van der Waals surface area contributed by atoms with E-state index in [1.165, 1.54) is 12.1 Å². The third kappa shape index (κ3) is 3.38. The van der Waals surface area contributed by atoms with Crippen LogP contribution in [0.1, 0.15) is 37.1 Å². The van der Waals surface area contributed by atoms with Crippen molar-refractivity contribution in [1.82, 2.24) is 15.1 Å². The second kappa shape index (κ2) is 6.29. The van der Waals surface area contributed by atoms with Gasteiger partial charge in [0, 0.05) is 11.3 Å². The molecule has 3 N–H and O–H groups in total. The van der Waals surface area contributed by atoms with Crippen LogP contribution in [0.3, 0.4) is 0 Å². The van der Waals surface area contributed by atoms with Gasteiger partial charge in [-0.15, -0.1) is 12.4 Å². The zero-order valence-electron chi connectivity index (χ0n) is 13.0. The second-order valence-electron chi connectivity index (χ2n) is 5.92. The summed E-state index contributed by atoms with van der Waals surface area (Å²) in [5.74, 6) is -0.402. The van der Waals surface area contributed by atoms with Crippen LogP contribution < -0.4 is 11.1 Å². The Morgan fingerprint density at radius 2 is 2.00 bits per heavy atom. The van der Waals surface area contributed by atoms with Gasteiger partial charge in [0.25, 0.3) is 0 Å². The lowest BCUT2D eigenvalue weighted by atomic mass is 10.1. The molecule has 1 amide bonds. The Balaban J connectivity index is 0.00000192. The molecule has 1 heterocycles. The Morgan fingerprint density at radius 3 is 2.57 bits per heavy atom. The molecule has 0 aliphatic heterocycles. The standard InChI is InChI=1S/C16H19FN4O.ClH/c1-10(20-15(22)16(18)7-8-16)14-9-19-21(11(14)2)13-5-3-12(17)4-6-13;/h3-6,9-10H,7-8,18H2,1-2H3,(H,20,22);1H. The molecule has 5 nitrogen and oxygen atoms in total. The van der Waals surface area contributed by atoms with Gasteiger partial charge in [-0.3, -0.25) is 4.79 Å². The van der Waals surface area contributed by atoms with E-state index < -0.39 is 5.54 Å². The summed E-state index contributed by atoms with van der Waals surface area (Å²) in [6.07, 6.45) is 3.19. The number of carbonyl (C=O) groups is 1. The van der Waals surface area contributed by atoms with Crippen LogP contribution in [-0.4, -0.2) is 21.2 Å². The van der Waals surface area contributed by atoms with Crippen LogP contribution in [0.2, 0.25) is 0 Å². The number of amides is 1. The Hall–Kier alpha value is -1.92. The van der Waals surface area contributed by atoms with Gasteiger partial charge in [0.15, 0.2) is 0 Å². The predicted molar refractivity (Wildman–Crippen MR) is 88.2 cm³/mol. The van der Waals surface area contributed by atoms with Gasteiger partial charge in [0.2, 0.25) is 5.91 Å². The lowest BCUT2D eigenvalue weighted by molar-refractivity contribution is -0.123. The molecule has 0 saturated heterocycles. The van der Waals surface area contributed by atoms with Crippen LogP contribution in [0.4, 0.5) is 4.39 Å². The molecular weight excluding hydrogens is 319 g/mol. The lowest BCUT2D eigenvalue weighted by Crippen LogP contribution is -2.43. The summed E-state index contributed by atoms with van der Waals surface area (Å²) < 4.78 is 14.7. The van der Waals surface area contributed by atoms with Crippen molar-refractivity contribution in [2.24, 2.45) is 5.73 Å². The molecule has 0 spiro atoms. The number of hydrogen-bond donors (Lipinski definition) is 2. The first-order valence-electron chi connectivity index (χ1n) is 7.31. The van der Waals surface area contributed by atoms with Crippen molar-refractivity contribution in [2.75, 3.05) is 0 Å². The first-order valence-corrected chi connectivity index (χ1v) is 7.31. The number of aromatic nitrogens is 2. The molecule has 1 fully saturated rings. The number of hydrogen-bond acceptors (Lipinski definition) is 3. The maximum Gasteiger partial charge on any atom is 0.240 e. The molecule has 7 heteroatoms. The van der Waals surface area contributed by atoms with E-state index in [9.17, 15) is 9.18 Å². The zero-order valence-corrected chi connectivity index (χ0v) is 13.9. The average Bonchev–Trinajstić information content (AvgIpc) is 3.12. The van der Waals surface area contributed by atoms with Crippen LogP contribution >= 0.6 is 12.4 Å². The molecule has 2 aromatic rings. The summed E-state index contributed by atoms with van der Waals surface area (Å²) in [6, 6.07) is 5.95. The van der Waals surface area contributed by atoms with Crippen LogP contribution in [0.25, 0.3) is 5.69 Å². The zero-order chi connectivity index (χ0) is 15.9. The summed E-state index contributed by atoms with van der Waals surface area (Å²) in [4.78, 5) is 12.0. The minimum atomic E-state index is -0.685. The van der Waals surface area contributed by atoms with E-state index in [-0.39, 0.29) is 30.2 Å². The van der Waals surface area contributed by atoms with Crippen molar-refractivity contribution in [1.29, 1.82) is 0 Å². The van der Waals surface area contributed by atoms with E-state index in [4.69, 9.17) is 5.73 Å². The van der Waals surface area contributed by atoms with Crippen LogP contribution in [0.5, 0.6) is 0 Å². The van der Waals surface area contributed by atoms with Crippen molar-refractivity contribution in [3.63, 3.8) is 0 Å². The minimum Gasteiger partial charge on any atom is -0.348 e. The largest absolute Gasteiger partial charge is 0.348 e. The van der Waals surface area contributed by atoms with E-state index in [1.54, 1.807) is 23.0 Å². The van der Waals surface area contributed by atoms with Crippen LogP contribution in [0.15, 0.2) is 30.5 Å². The number of carbonyl (C=O) groups excluding carboxylic acids is 1. The molecular formula is C16H20ClFN4O. The first-order chi connectivity index (χ1) is 10.4. The van der Waals surface area contributed by atoms with Crippen molar-refractivity contribution >= 4 is 18.3 Å². The molecule has 1 saturated carbocycles. The van der Waals surface area contributed by atoms with Gasteiger partial charge in [-0.1, -0.05) is 0 Å². The van der Waals surface area contributed by atoms with Crippen molar-refractivity contribution < 1.29 is 9.18 Å². The molecule has 1 aromatic carbocycles. The number of rotatable bonds is 4. The number of benzene rings is 1. The van der Waals surface area contributed by atoms with E-state index >= 15 is 0 Å². The molecule has 1 atom stereocenters. The smallest absolute Gasteiger partial charge is 0.240 e. The van der Waals surface area contributed by atoms with E-state index in [2.05, 4.69) is 10.4 Å². The third-order valence-electron chi connectivity index (χ3n) is 4.17. The number of nitrogens with zero attached hydrogens (tertiary/aromatic N) is 2. The van der Waals surface area contributed by atoms with E-state index in [0.29, 0.717) is 0 Å². The SMILES string of the molecule is Cc1c(C(C)NC(=O)C2(N)CC2)cnn1-c1ccc(F)cc1.Cl. The maximum atomic E-state index is 13.0. The van der Waals surface area contributed by atoms with Crippen molar-refractivity contribution in [3.05, 3.63) is 47.5 Å². The first kappa shape index (κ1) is 17.4. The third-order valence-corrected chi connectivity index (χ3v) is 4.17. The fourth-order valence-corrected chi connectivity index (χ4v) is 2.47. The number of nitrogens with one attached hydrogen (secondary N) is 1. The van der Waals surface area contributed by atoms with E-state index in [1.807, 2.05) is 13.8 Å². The van der Waals surface area contributed by atoms with Gasteiger partial charge in [-0.05, 0) is 51.0 Å². The Labute approximate surface area is 140 Å². The molecule has 0 radical (unpaired) electrons. The quantitative estimate of drug-likeness (QED) is 0.899. The van der Waals surface area contributed by atoms with E-state index in [0.717, 1.165) is 29.8 Å². The average molecular weight is 339 g/mol. The molecule has 3 rings (SSSR count). The topological polar surface area (TPSA) is 72.9 Å². The maximum absolute atomic E-state index is 13.0. The van der Waals surface area contributed by atoms with Crippen molar-refractivity contribution in [3.8, 4) is 5.69 Å². The summed E-state index contributed by atoms with van der Waals surface area (Å²) >= 11 is 0. The Morgan fingerprint density at radius 1 is 1.39 bits per heavy atom. The summed E-state index contributed by atoms with van der Waals surface area (Å²) in [7, 11) is 0. The summed E-state index contributed by atoms with van der Waals surface area (Å²) in [6.45, 7) is 3.83. The van der Waals surface area contributed by atoms with Gasteiger partial charge in [0.1, 0.15) is 5.82 Å². The number of halogens is 2. The predicted octanol–water partition coefficient (Wildman–Crippen LogP) is 2.41. The normalized spacial score (nSPS) is 16.3. The Bertz CT molecular complexity index is 709. The van der Waals surface area contributed by atoms with Crippen LogP contribution in [0, 0.1) is 12.7 Å². The minimum absolute atomic E-state index is 0. The van der Waals surface area contributed by atoms with Gasteiger partial charge in [-0.2, -0.15) is 5.10 Å².